The Morgan fingerprint density at radius 2 is 2.27 bits per heavy atom. The molecule has 1 aromatic rings. The minimum Gasteiger partial charge on any atom is -0.354 e. The van der Waals surface area contributed by atoms with Gasteiger partial charge in [0.2, 0.25) is 5.95 Å². The molecule has 0 atom stereocenters. The third-order valence-corrected chi connectivity index (χ3v) is 2.01. The molecule has 4 nitrogen and oxygen atoms in total. The SMILES string of the molecule is CCCCc1cc(=O)[nH]c(NC(C)C)n1. The lowest BCUT2D eigenvalue weighted by Crippen LogP contribution is -2.18. The highest BCUT2D eigenvalue weighted by Crippen LogP contribution is 2.03. The molecule has 0 spiro atoms. The number of anilines is 1. The van der Waals surface area contributed by atoms with Crippen molar-refractivity contribution < 1.29 is 0 Å². The van der Waals surface area contributed by atoms with Crippen molar-refractivity contribution in [2.45, 2.75) is 46.1 Å². The third kappa shape index (κ3) is 4.14. The van der Waals surface area contributed by atoms with Crippen LogP contribution in [0.15, 0.2) is 10.9 Å². The first-order valence-electron chi connectivity index (χ1n) is 5.48. The summed E-state index contributed by atoms with van der Waals surface area (Å²) in [6.07, 6.45) is 3.05. The molecule has 0 saturated carbocycles. The Morgan fingerprint density at radius 1 is 1.53 bits per heavy atom. The zero-order valence-electron chi connectivity index (χ0n) is 9.63. The average Bonchev–Trinajstić information content (AvgIpc) is 2.12. The predicted octanol–water partition coefficient (Wildman–Crippen LogP) is 1.93. The molecule has 0 aromatic carbocycles. The Morgan fingerprint density at radius 3 is 2.87 bits per heavy atom. The first-order chi connectivity index (χ1) is 7.11. The van der Waals surface area contributed by atoms with E-state index in [2.05, 4.69) is 22.2 Å². The molecule has 0 saturated heterocycles. The van der Waals surface area contributed by atoms with Gasteiger partial charge in [0, 0.05) is 17.8 Å². The second kappa shape index (κ2) is 5.53. The van der Waals surface area contributed by atoms with Crippen molar-refractivity contribution in [3.63, 3.8) is 0 Å². The zero-order chi connectivity index (χ0) is 11.3. The number of aromatic nitrogens is 2. The van der Waals surface area contributed by atoms with Crippen molar-refractivity contribution in [3.8, 4) is 0 Å². The smallest absolute Gasteiger partial charge is 0.252 e. The van der Waals surface area contributed by atoms with E-state index in [1.54, 1.807) is 6.07 Å². The van der Waals surface area contributed by atoms with E-state index in [-0.39, 0.29) is 11.6 Å². The topological polar surface area (TPSA) is 57.8 Å². The van der Waals surface area contributed by atoms with E-state index in [0.29, 0.717) is 5.95 Å². The van der Waals surface area contributed by atoms with Crippen LogP contribution in [-0.4, -0.2) is 16.0 Å². The molecule has 0 unspecified atom stereocenters. The van der Waals surface area contributed by atoms with E-state index in [1.165, 1.54) is 0 Å². The van der Waals surface area contributed by atoms with Crippen molar-refractivity contribution in [1.82, 2.24) is 9.97 Å². The van der Waals surface area contributed by atoms with E-state index in [0.717, 1.165) is 25.0 Å². The van der Waals surface area contributed by atoms with Gasteiger partial charge in [-0.1, -0.05) is 13.3 Å². The summed E-state index contributed by atoms with van der Waals surface area (Å²) < 4.78 is 0. The van der Waals surface area contributed by atoms with E-state index >= 15 is 0 Å². The zero-order valence-corrected chi connectivity index (χ0v) is 9.63. The normalized spacial score (nSPS) is 10.7. The lowest BCUT2D eigenvalue weighted by Gasteiger charge is -2.09. The minimum atomic E-state index is -0.0840. The van der Waals surface area contributed by atoms with Gasteiger partial charge in [0.05, 0.1) is 0 Å². The molecule has 4 heteroatoms. The summed E-state index contributed by atoms with van der Waals surface area (Å²) in [6.45, 7) is 6.15. The summed E-state index contributed by atoms with van der Waals surface area (Å²) in [5.41, 5.74) is 0.781. The number of nitrogens with one attached hydrogen (secondary N) is 2. The lowest BCUT2D eigenvalue weighted by atomic mass is 10.2. The summed E-state index contributed by atoms with van der Waals surface area (Å²) >= 11 is 0. The van der Waals surface area contributed by atoms with Crippen LogP contribution in [0.1, 0.15) is 39.3 Å². The Hall–Kier alpha value is -1.32. The highest BCUT2D eigenvalue weighted by Gasteiger charge is 2.01. The van der Waals surface area contributed by atoms with E-state index in [1.807, 2.05) is 13.8 Å². The van der Waals surface area contributed by atoms with Crippen LogP contribution in [0.5, 0.6) is 0 Å². The van der Waals surface area contributed by atoms with Gasteiger partial charge in [-0.15, -0.1) is 0 Å². The highest BCUT2D eigenvalue weighted by atomic mass is 16.1. The molecule has 0 aliphatic rings. The fourth-order valence-corrected chi connectivity index (χ4v) is 1.34. The molecular formula is C11H19N3O. The predicted molar refractivity (Wildman–Crippen MR) is 62.2 cm³/mol. The maximum Gasteiger partial charge on any atom is 0.252 e. The van der Waals surface area contributed by atoms with Crippen molar-refractivity contribution in [1.29, 1.82) is 0 Å². The lowest BCUT2D eigenvalue weighted by molar-refractivity contribution is 0.767. The maximum absolute atomic E-state index is 11.3. The number of hydrogen-bond acceptors (Lipinski definition) is 3. The maximum atomic E-state index is 11.3. The van der Waals surface area contributed by atoms with Gasteiger partial charge in [0.15, 0.2) is 0 Å². The molecule has 0 bridgehead atoms. The third-order valence-electron chi connectivity index (χ3n) is 2.01. The highest BCUT2D eigenvalue weighted by molar-refractivity contribution is 5.26. The molecule has 0 aliphatic heterocycles. The minimum absolute atomic E-state index is 0.0840. The van der Waals surface area contributed by atoms with Gasteiger partial charge in [0.25, 0.3) is 5.56 Å². The van der Waals surface area contributed by atoms with Crippen LogP contribution >= 0.6 is 0 Å². The molecule has 0 radical (unpaired) electrons. The van der Waals surface area contributed by atoms with Crippen LogP contribution in [0.4, 0.5) is 5.95 Å². The molecule has 1 rings (SSSR count). The number of rotatable bonds is 5. The molecule has 0 amide bonds. The number of nitrogens with zero attached hydrogens (tertiary/aromatic N) is 1. The van der Waals surface area contributed by atoms with Crippen LogP contribution in [0, 0.1) is 0 Å². The van der Waals surface area contributed by atoms with E-state index < -0.39 is 0 Å². The number of H-pyrrole nitrogens is 1. The number of hydrogen-bond donors (Lipinski definition) is 2. The summed E-state index contributed by atoms with van der Waals surface area (Å²) in [4.78, 5) is 18.3. The number of aryl methyl sites for hydroxylation is 1. The van der Waals surface area contributed by atoms with Gasteiger partial charge in [-0.05, 0) is 26.7 Å². The second-order valence-electron chi connectivity index (χ2n) is 3.99. The van der Waals surface area contributed by atoms with Crippen molar-refractivity contribution in [3.05, 3.63) is 22.1 Å². The summed E-state index contributed by atoms with van der Waals surface area (Å²) in [6, 6.07) is 1.84. The molecule has 0 aliphatic carbocycles. The molecule has 1 aromatic heterocycles. The van der Waals surface area contributed by atoms with Gasteiger partial charge in [0.1, 0.15) is 0 Å². The molecule has 84 valence electrons. The van der Waals surface area contributed by atoms with Gasteiger partial charge in [-0.25, -0.2) is 4.98 Å². The quantitative estimate of drug-likeness (QED) is 0.779. The fraction of sp³-hybridized carbons (Fsp3) is 0.636. The Balaban J connectivity index is 2.80. The summed E-state index contributed by atoms with van der Waals surface area (Å²) in [5, 5.41) is 3.10. The van der Waals surface area contributed by atoms with E-state index in [4.69, 9.17) is 0 Å². The molecular weight excluding hydrogens is 190 g/mol. The van der Waals surface area contributed by atoms with Crippen molar-refractivity contribution in [2.24, 2.45) is 0 Å². The molecule has 0 fully saturated rings. The monoisotopic (exact) mass is 209 g/mol. The first kappa shape index (κ1) is 11.8. The summed E-state index contributed by atoms with van der Waals surface area (Å²) in [7, 11) is 0. The first-order valence-corrected chi connectivity index (χ1v) is 5.48. The average molecular weight is 209 g/mol. The van der Waals surface area contributed by atoms with Gasteiger partial charge >= 0.3 is 0 Å². The molecule has 15 heavy (non-hydrogen) atoms. The number of unbranched alkanes of at least 4 members (excludes halogenated alkanes) is 1. The Bertz CT molecular complexity index is 357. The molecule has 2 N–H and O–H groups in total. The Labute approximate surface area is 90.1 Å². The standard InChI is InChI=1S/C11H19N3O/c1-4-5-6-9-7-10(15)14-11(13-9)12-8(2)3/h7-8H,4-6H2,1-3H3,(H2,12,13,14,15). The van der Waals surface area contributed by atoms with Crippen LogP contribution in [0.25, 0.3) is 0 Å². The van der Waals surface area contributed by atoms with Gasteiger partial charge < -0.3 is 5.32 Å². The van der Waals surface area contributed by atoms with Crippen molar-refractivity contribution in [2.75, 3.05) is 5.32 Å². The second-order valence-corrected chi connectivity index (χ2v) is 3.99. The van der Waals surface area contributed by atoms with E-state index in [9.17, 15) is 4.79 Å². The van der Waals surface area contributed by atoms with Crippen LogP contribution in [0.3, 0.4) is 0 Å². The largest absolute Gasteiger partial charge is 0.354 e. The Kier molecular flexibility index (Phi) is 4.34. The van der Waals surface area contributed by atoms with Gasteiger partial charge in [-0.3, -0.25) is 9.78 Å². The van der Waals surface area contributed by atoms with Crippen LogP contribution in [0.2, 0.25) is 0 Å². The van der Waals surface area contributed by atoms with Gasteiger partial charge in [-0.2, -0.15) is 0 Å². The fourth-order valence-electron chi connectivity index (χ4n) is 1.34. The van der Waals surface area contributed by atoms with Crippen LogP contribution < -0.4 is 10.9 Å². The summed E-state index contributed by atoms with van der Waals surface area (Å²) in [5.74, 6) is 0.573. The number of aromatic amines is 1. The van der Waals surface area contributed by atoms with Crippen molar-refractivity contribution >= 4 is 5.95 Å². The molecule has 1 heterocycles. The van der Waals surface area contributed by atoms with Crippen LogP contribution in [-0.2, 0) is 6.42 Å².